The summed E-state index contributed by atoms with van der Waals surface area (Å²) in [6.45, 7) is 6.62. The van der Waals surface area contributed by atoms with Gasteiger partial charge in [-0.05, 0) is 67.6 Å². The third-order valence-corrected chi connectivity index (χ3v) is 5.37. The van der Waals surface area contributed by atoms with E-state index in [-0.39, 0.29) is 5.91 Å². The van der Waals surface area contributed by atoms with Gasteiger partial charge in [0.05, 0.1) is 14.2 Å². The molecule has 0 aliphatic rings. The second-order valence-electron chi connectivity index (χ2n) is 5.98. The lowest BCUT2D eigenvalue weighted by Crippen LogP contribution is -2.26. The van der Waals surface area contributed by atoms with E-state index in [2.05, 4.69) is 21.2 Å². The first kappa shape index (κ1) is 19.3. The van der Waals surface area contributed by atoms with Crippen LogP contribution in [0.25, 0.3) is 0 Å². The van der Waals surface area contributed by atoms with Crippen molar-refractivity contribution < 1.29 is 14.3 Å². The number of methoxy groups -OCH3 is 2. The van der Waals surface area contributed by atoms with Gasteiger partial charge in [-0.2, -0.15) is 0 Å². The van der Waals surface area contributed by atoms with Gasteiger partial charge in [-0.1, -0.05) is 22.0 Å². The van der Waals surface area contributed by atoms with Crippen LogP contribution in [0.1, 0.15) is 32.6 Å². The van der Waals surface area contributed by atoms with Gasteiger partial charge < -0.3 is 14.8 Å². The molecule has 0 aliphatic heterocycles. The predicted molar refractivity (Wildman–Crippen MR) is 104 cm³/mol. The van der Waals surface area contributed by atoms with Crippen LogP contribution < -0.4 is 14.8 Å². The van der Waals surface area contributed by atoms with Crippen molar-refractivity contribution in [2.75, 3.05) is 20.8 Å². The number of carbonyl (C=O) groups is 1. The Morgan fingerprint density at radius 1 is 1.00 bits per heavy atom. The SMILES string of the molecule is COc1ccc(CCNC(=O)c2cc(Br)c(C)c(C)c2C)cc1OC. The van der Waals surface area contributed by atoms with Crippen molar-refractivity contribution in [2.45, 2.75) is 27.2 Å². The highest BCUT2D eigenvalue weighted by Crippen LogP contribution is 2.28. The second-order valence-corrected chi connectivity index (χ2v) is 6.83. The molecule has 0 atom stereocenters. The zero-order chi connectivity index (χ0) is 18.6. The van der Waals surface area contributed by atoms with Gasteiger partial charge in [0.1, 0.15) is 0 Å². The molecule has 0 aliphatic carbocycles. The first-order valence-electron chi connectivity index (χ1n) is 8.14. The van der Waals surface area contributed by atoms with Crippen molar-refractivity contribution in [2.24, 2.45) is 0 Å². The molecule has 0 bridgehead atoms. The number of benzene rings is 2. The molecule has 1 amide bonds. The fourth-order valence-corrected chi connectivity index (χ4v) is 3.22. The third kappa shape index (κ3) is 4.34. The molecule has 0 saturated heterocycles. The monoisotopic (exact) mass is 405 g/mol. The van der Waals surface area contributed by atoms with Crippen LogP contribution in [0.3, 0.4) is 0 Å². The van der Waals surface area contributed by atoms with Gasteiger partial charge in [0.2, 0.25) is 0 Å². The van der Waals surface area contributed by atoms with Gasteiger partial charge in [0.25, 0.3) is 5.91 Å². The van der Waals surface area contributed by atoms with Crippen LogP contribution in [0.5, 0.6) is 11.5 Å². The quantitative estimate of drug-likeness (QED) is 0.776. The number of halogens is 1. The smallest absolute Gasteiger partial charge is 0.251 e. The Morgan fingerprint density at radius 3 is 2.32 bits per heavy atom. The Morgan fingerprint density at radius 2 is 1.68 bits per heavy atom. The fraction of sp³-hybridized carbons (Fsp3) is 0.350. The summed E-state index contributed by atoms with van der Waals surface area (Å²) >= 11 is 3.53. The number of hydrogen-bond donors (Lipinski definition) is 1. The second kappa shape index (κ2) is 8.39. The zero-order valence-corrected chi connectivity index (χ0v) is 16.9. The van der Waals surface area contributed by atoms with Crippen LogP contribution >= 0.6 is 15.9 Å². The van der Waals surface area contributed by atoms with Gasteiger partial charge in [-0.25, -0.2) is 0 Å². The standard InChI is InChI=1S/C20H24BrNO3/c1-12-13(2)16(11-17(21)14(12)3)20(23)22-9-8-15-6-7-18(24-4)19(10-15)25-5/h6-7,10-11H,8-9H2,1-5H3,(H,22,23). The van der Waals surface area contributed by atoms with Gasteiger partial charge in [0, 0.05) is 16.6 Å². The summed E-state index contributed by atoms with van der Waals surface area (Å²) < 4.78 is 11.5. The van der Waals surface area contributed by atoms with E-state index in [1.807, 2.05) is 45.0 Å². The van der Waals surface area contributed by atoms with Crippen molar-refractivity contribution >= 4 is 21.8 Å². The summed E-state index contributed by atoms with van der Waals surface area (Å²) in [4.78, 5) is 12.5. The first-order valence-corrected chi connectivity index (χ1v) is 8.93. The number of rotatable bonds is 6. The number of ether oxygens (including phenoxy) is 2. The summed E-state index contributed by atoms with van der Waals surface area (Å²) in [6.07, 6.45) is 0.719. The molecule has 0 spiro atoms. The summed E-state index contributed by atoms with van der Waals surface area (Å²) in [6, 6.07) is 7.68. The van der Waals surface area contributed by atoms with Crippen LogP contribution in [-0.4, -0.2) is 26.7 Å². The Balaban J connectivity index is 2.04. The van der Waals surface area contributed by atoms with Gasteiger partial charge >= 0.3 is 0 Å². The lowest BCUT2D eigenvalue weighted by molar-refractivity contribution is 0.0953. The minimum atomic E-state index is -0.0539. The lowest BCUT2D eigenvalue weighted by atomic mass is 9.98. The van der Waals surface area contributed by atoms with Crippen LogP contribution in [0, 0.1) is 20.8 Å². The average molecular weight is 406 g/mol. The van der Waals surface area contributed by atoms with Gasteiger partial charge in [0.15, 0.2) is 11.5 Å². The molecule has 0 radical (unpaired) electrons. The normalized spacial score (nSPS) is 10.5. The van der Waals surface area contributed by atoms with Crippen LogP contribution in [0.4, 0.5) is 0 Å². The largest absolute Gasteiger partial charge is 0.493 e. The highest BCUT2D eigenvalue weighted by atomic mass is 79.9. The van der Waals surface area contributed by atoms with E-state index in [1.165, 1.54) is 5.56 Å². The molecule has 2 rings (SSSR count). The molecular formula is C20H24BrNO3. The number of nitrogens with one attached hydrogen (secondary N) is 1. The van der Waals surface area contributed by atoms with Crippen molar-refractivity contribution in [1.29, 1.82) is 0 Å². The molecule has 2 aromatic carbocycles. The van der Waals surface area contributed by atoms with Crippen molar-refractivity contribution in [3.8, 4) is 11.5 Å². The van der Waals surface area contributed by atoms with E-state index in [1.54, 1.807) is 14.2 Å². The van der Waals surface area contributed by atoms with Crippen molar-refractivity contribution in [3.63, 3.8) is 0 Å². The third-order valence-electron chi connectivity index (χ3n) is 4.55. The summed E-state index contributed by atoms with van der Waals surface area (Å²) in [5.74, 6) is 1.34. The lowest BCUT2D eigenvalue weighted by Gasteiger charge is -2.14. The van der Waals surface area contributed by atoms with Crippen molar-refractivity contribution in [1.82, 2.24) is 5.32 Å². The maximum Gasteiger partial charge on any atom is 0.251 e. The molecule has 2 aromatic rings. The van der Waals surface area contributed by atoms with E-state index >= 15 is 0 Å². The Kier molecular flexibility index (Phi) is 6.48. The topological polar surface area (TPSA) is 47.6 Å². The Bertz CT molecular complexity index is 787. The molecule has 0 aromatic heterocycles. The molecule has 1 N–H and O–H groups in total. The fourth-order valence-electron chi connectivity index (χ4n) is 2.69. The van der Waals surface area contributed by atoms with E-state index in [0.29, 0.717) is 23.6 Å². The molecule has 4 nitrogen and oxygen atoms in total. The molecule has 0 saturated carbocycles. The Hall–Kier alpha value is -2.01. The van der Waals surface area contributed by atoms with Crippen LogP contribution in [0.2, 0.25) is 0 Å². The van der Waals surface area contributed by atoms with E-state index < -0.39 is 0 Å². The molecule has 0 fully saturated rings. The zero-order valence-electron chi connectivity index (χ0n) is 15.3. The minimum absolute atomic E-state index is 0.0539. The molecule has 5 heteroatoms. The molecule has 0 heterocycles. The minimum Gasteiger partial charge on any atom is -0.493 e. The summed E-state index contributed by atoms with van der Waals surface area (Å²) in [5, 5.41) is 3.00. The number of hydrogen-bond acceptors (Lipinski definition) is 3. The molecule has 25 heavy (non-hydrogen) atoms. The highest BCUT2D eigenvalue weighted by molar-refractivity contribution is 9.10. The van der Waals surface area contributed by atoms with Crippen LogP contribution in [-0.2, 0) is 6.42 Å². The maximum absolute atomic E-state index is 12.5. The first-order chi connectivity index (χ1) is 11.9. The molecular weight excluding hydrogens is 382 g/mol. The van der Waals surface area contributed by atoms with Gasteiger partial charge in [-0.15, -0.1) is 0 Å². The van der Waals surface area contributed by atoms with E-state index in [0.717, 1.165) is 27.6 Å². The summed E-state index contributed by atoms with van der Waals surface area (Å²) in [7, 11) is 3.23. The maximum atomic E-state index is 12.5. The number of carbonyl (C=O) groups excluding carboxylic acids is 1. The van der Waals surface area contributed by atoms with E-state index in [9.17, 15) is 4.79 Å². The van der Waals surface area contributed by atoms with Crippen LogP contribution in [0.15, 0.2) is 28.7 Å². The Labute approximate surface area is 157 Å². The van der Waals surface area contributed by atoms with E-state index in [4.69, 9.17) is 9.47 Å². The average Bonchev–Trinajstić information content (AvgIpc) is 2.62. The summed E-state index contributed by atoms with van der Waals surface area (Å²) in [5.41, 5.74) is 5.11. The van der Waals surface area contributed by atoms with Gasteiger partial charge in [-0.3, -0.25) is 4.79 Å². The highest BCUT2D eigenvalue weighted by Gasteiger charge is 2.14. The van der Waals surface area contributed by atoms with Crippen molar-refractivity contribution in [3.05, 3.63) is 56.6 Å². The predicted octanol–water partition coefficient (Wildman–Crippen LogP) is 4.36. The molecule has 134 valence electrons. The number of amides is 1. The molecule has 0 unspecified atom stereocenters.